The van der Waals surface area contributed by atoms with Gasteiger partial charge in [-0.3, -0.25) is 4.79 Å². The highest BCUT2D eigenvalue weighted by Crippen LogP contribution is 2.33. The number of hydrogen-bond acceptors (Lipinski definition) is 7. The van der Waals surface area contributed by atoms with Gasteiger partial charge in [-0.25, -0.2) is 4.98 Å². The van der Waals surface area contributed by atoms with Crippen LogP contribution in [0.5, 0.6) is 5.88 Å². The van der Waals surface area contributed by atoms with Crippen molar-refractivity contribution in [2.45, 2.75) is 52.6 Å². The molecule has 8 nitrogen and oxygen atoms in total. The van der Waals surface area contributed by atoms with Gasteiger partial charge in [-0.1, -0.05) is 26.8 Å². The van der Waals surface area contributed by atoms with Crippen LogP contribution < -0.4 is 9.64 Å². The zero-order valence-corrected chi connectivity index (χ0v) is 20.8. The third kappa shape index (κ3) is 5.86. The van der Waals surface area contributed by atoms with Crippen LogP contribution in [0.15, 0.2) is 60.2 Å². The lowest BCUT2D eigenvalue weighted by atomic mass is 9.92. The fraction of sp³-hybridized carbons (Fsp3) is 0.444. The molecule has 4 rings (SSSR count). The molecule has 0 bridgehead atoms. The van der Waals surface area contributed by atoms with E-state index >= 15 is 0 Å². The molecular weight excluding hydrogens is 444 g/mol. The zero-order chi connectivity index (χ0) is 25.0. The first-order valence-corrected chi connectivity index (χ1v) is 11.9. The van der Waals surface area contributed by atoms with Gasteiger partial charge in [0.05, 0.1) is 31.7 Å². The number of pyridine rings is 1. The van der Waals surface area contributed by atoms with Crippen molar-refractivity contribution in [2.24, 2.45) is 5.41 Å². The molecule has 1 atom stereocenters. The number of aromatic nitrogens is 1. The summed E-state index contributed by atoms with van der Waals surface area (Å²) >= 11 is 0. The molecule has 8 heteroatoms. The molecule has 0 aromatic carbocycles. The molecule has 1 saturated heterocycles. The molecule has 0 saturated carbocycles. The lowest BCUT2D eigenvalue weighted by Gasteiger charge is -2.26. The van der Waals surface area contributed by atoms with Crippen LogP contribution in [0.3, 0.4) is 0 Å². The molecule has 0 unspecified atom stereocenters. The lowest BCUT2D eigenvalue weighted by molar-refractivity contribution is -0.132. The van der Waals surface area contributed by atoms with E-state index in [1.165, 1.54) is 7.11 Å². The highest BCUT2D eigenvalue weighted by Gasteiger charge is 2.31. The number of amides is 1. The normalized spacial score (nSPS) is 19.9. The number of methoxy groups -OCH3 is 1. The topological polar surface area (TPSA) is 87.9 Å². The quantitative estimate of drug-likeness (QED) is 0.584. The summed E-state index contributed by atoms with van der Waals surface area (Å²) in [7, 11) is 1.49. The highest BCUT2D eigenvalue weighted by atomic mass is 16.5. The summed E-state index contributed by atoms with van der Waals surface area (Å²) in [6, 6.07) is 3.84. The number of hydrogen-bond donors (Lipinski definition) is 0. The van der Waals surface area contributed by atoms with Gasteiger partial charge in [0, 0.05) is 31.2 Å². The summed E-state index contributed by atoms with van der Waals surface area (Å²) in [6.07, 6.45) is 13.9. The van der Waals surface area contributed by atoms with E-state index in [9.17, 15) is 10.1 Å². The maximum atomic E-state index is 12.6. The minimum atomic E-state index is -0.0496. The minimum absolute atomic E-state index is 0.0323. The van der Waals surface area contributed by atoms with Gasteiger partial charge in [0.2, 0.25) is 11.8 Å². The van der Waals surface area contributed by atoms with Gasteiger partial charge in [0.1, 0.15) is 35.5 Å². The average Bonchev–Trinajstić information content (AvgIpc) is 3.32. The molecule has 1 fully saturated rings. The Balaban J connectivity index is 1.51. The fourth-order valence-electron chi connectivity index (χ4n) is 4.30. The molecule has 1 aliphatic carbocycles. The second-order valence-electron chi connectivity index (χ2n) is 10.1. The Morgan fingerprint density at radius 1 is 1.37 bits per heavy atom. The van der Waals surface area contributed by atoms with E-state index in [1.54, 1.807) is 24.7 Å². The number of carbonyl (C=O) groups excluding carboxylic acids is 1. The third-order valence-corrected chi connectivity index (χ3v) is 6.02. The van der Waals surface area contributed by atoms with Crippen LogP contribution in [0.4, 0.5) is 5.69 Å². The van der Waals surface area contributed by atoms with Gasteiger partial charge in [0.15, 0.2) is 0 Å². The van der Waals surface area contributed by atoms with Crippen LogP contribution in [-0.4, -0.2) is 42.1 Å². The van der Waals surface area contributed by atoms with Crippen LogP contribution >= 0.6 is 0 Å². The minimum Gasteiger partial charge on any atom is -0.488 e. The van der Waals surface area contributed by atoms with E-state index in [-0.39, 0.29) is 17.4 Å². The van der Waals surface area contributed by atoms with E-state index in [0.717, 1.165) is 36.3 Å². The summed E-state index contributed by atoms with van der Waals surface area (Å²) in [6.45, 7) is 7.56. The van der Waals surface area contributed by atoms with E-state index < -0.39 is 0 Å². The maximum Gasteiger partial charge on any atom is 0.231 e. The van der Waals surface area contributed by atoms with Crippen LogP contribution in [0, 0.1) is 16.7 Å². The number of anilines is 1. The number of likely N-dealkylation sites (tertiary alicyclic amines) is 1. The predicted octanol–water partition coefficient (Wildman–Crippen LogP) is 4.77. The maximum absolute atomic E-state index is 12.6. The van der Waals surface area contributed by atoms with Gasteiger partial charge in [0.25, 0.3) is 0 Å². The average molecular weight is 477 g/mol. The van der Waals surface area contributed by atoms with Crippen molar-refractivity contribution < 1.29 is 19.0 Å². The Labute approximate surface area is 206 Å². The summed E-state index contributed by atoms with van der Waals surface area (Å²) in [4.78, 5) is 20.6. The molecule has 184 valence electrons. The SMILES string of the molecule is COc1ncc(N2C=COC(C3=C(O[C@H]4CCN(C(=O)CC(C)(C)C)C4)C=CCC3)=C2)cc1C#N. The first-order valence-electron chi connectivity index (χ1n) is 11.9. The van der Waals surface area contributed by atoms with Gasteiger partial charge >= 0.3 is 0 Å². The molecule has 0 N–H and O–H groups in total. The Hall–Kier alpha value is -3.73. The second kappa shape index (κ2) is 10.3. The van der Waals surface area contributed by atoms with Gasteiger partial charge in [-0.05, 0) is 30.4 Å². The Kier molecular flexibility index (Phi) is 7.15. The number of ether oxygens (including phenoxy) is 3. The summed E-state index contributed by atoms with van der Waals surface area (Å²) < 4.78 is 17.4. The number of carbonyl (C=O) groups is 1. The Morgan fingerprint density at radius 2 is 2.20 bits per heavy atom. The summed E-state index contributed by atoms with van der Waals surface area (Å²) in [5, 5.41) is 9.40. The van der Waals surface area contributed by atoms with E-state index in [1.807, 2.05) is 22.1 Å². The lowest BCUT2D eigenvalue weighted by Crippen LogP contribution is -2.32. The number of nitrogens with zero attached hydrogens (tertiary/aromatic N) is 4. The molecule has 1 aromatic rings. The smallest absolute Gasteiger partial charge is 0.231 e. The number of allylic oxidation sites excluding steroid dienone is 3. The van der Waals surface area contributed by atoms with Gasteiger partial charge in [-0.2, -0.15) is 5.26 Å². The van der Waals surface area contributed by atoms with E-state index in [2.05, 4.69) is 37.9 Å². The van der Waals surface area contributed by atoms with Crippen LogP contribution in [0.2, 0.25) is 0 Å². The van der Waals surface area contributed by atoms with Crippen molar-refractivity contribution >= 4 is 11.6 Å². The predicted molar refractivity (Wildman–Crippen MR) is 132 cm³/mol. The third-order valence-electron chi connectivity index (χ3n) is 6.02. The standard InChI is InChI=1S/C27H32N4O4/c1-27(2,3)14-25(32)31-10-9-21(17-31)35-23-8-6-5-7-22(23)24-18-30(11-12-34-24)20-13-19(15-28)26(33-4)29-16-20/h6,8,11-13,16,18,21H,5,7,9-10,14,17H2,1-4H3/t21-/m0/s1. The molecule has 0 radical (unpaired) electrons. The highest BCUT2D eigenvalue weighted by molar-refractivity contribution is 5.77. The fourth-order valence-corrected chi connectivity index (χ4v) is 4.30. The molecule has 2 aliphatic heterocycles. The van der Waals surface area contributed by atoms with Crippen molar-refractivity contribution in [1.29, 1.82) is 5.26 Å². The van der Waals surface area contributed by atoms with Crippen molar-refractivity contribution in [3.05, 3.63) is 65.7 Å². The molecule has 0 spiro atoms. The molecule has 1 aromatic heterocycles. The van der Waals surface area contributed by atoms with Crippen molar-refractivity contribution in [1.82, 2.24) is 9.88 Å². The zero-order valence-electron chi connectivity index (χ0n) is 20.8. The van der Waals surface area contributed by atoms with Crippen LogP contribution in [0.1, 0.15) is 52.0 Å². The van der Waals surface area contributed by atoms with Crippen molar-refractivity contribution in [3.63, 3.8) is 0 Å². The molecule has 35 heavy (non-hydrogen) atoms. The van der Waals surface area contributed by atoms with Gasteiger partial charge < -0.3 is 24.0 Å². The Bertz CT molecular complexity index is 1140. The first kappa shape index (κ1) is 24.4. The van der Waals surface area contributed by atoms with E-state index in [0.29, 0.717) is 36.7 Å². The first-order chi connectivity index (χ1) is 16.8. The van der Waals surface area contributed by atoms with E-state index in [4.69, 9.17) is 14.2 Å². The molecular formula is C27H32N4O4. The van der Waals surface area contributed by atoms with Crippen LogP contribution in [-0.2, 0) is 14.3 Å². The largest absolute Gasteiger partial charge is 0.488 e. The molecule has 1 amide bonds. The summed E-state index contributed by atoms with van der Waals surface area (Å²) in [5.74, 6) is 1.93. The van der Waals surface area contributed by atoms with Crippen molar-refractivity contribution in [2.75, 3.05) is 25.1 Å². The molecule has 3 aliphatic rings. The molecule has 3 heterocycles. The monoisotopic (exact) mass is 476 g/mol. The second-order valence-corrected chi connectivity index (χ2v) is 10.1. The van der Waals surface area contributed by atoms with Gasteiger partial charge in [-0.15, -0.1) is 0 Å². The Morgan fingerprint density at radius 3 is 2.94 bits per heavy atom. The summed E-state index contributed by atoms with van der Waals surface area (Å²) in [5.41, 5.74) is 2.02. The number of rotatable bonds is 6. The van der Waals surface area contributed by atoms with Crippen molar-refractivity contribution in [3.8, 4) is 11.9 Å². The van der Waals surface area contributed by atoms with Crippen LogP contribution in [0.25, 0.3) is 0 Å². The number of nitriles is 1.